The lowest BCUT2D eigenvalue weighted by atomic mass is 10.1. The quantitative estimate of drug-likeness (QED) is 0.885. The number of hydrogen-bond acceptors (Lipinski definition) is 6. The minimum atomic E-state index is -0.533. The molecule has 2 amide bonds. The van der Waals surface area contributed by atoms with Crippen LogP contribution in [0.4, 0.5) is 9.93 Å². The second-order valence-electron chi connectivity index (χ2n) is 6.13. The van der Waals surface area contributed by atoms with Crippen molar-refractivity contribution in [3.63, 3.8) is 0 Å². The van der Waals surface area contributed by atoms with E-state index in [-0.39, 0.29) is 5.91 Å². The van der Waals surface area contributed by atoms with E-state index in [1.807, 2.05) is 6.92 Å². The van der Waals surface area contributed by atoms with Crippen molar-refractivity contribution in [2.45, 2.75) is 39.8 Å². The summed E-state index contributed by atoms with van der Waals surface area (Å²) in [5.41, 5.74) is 0.836. The number of aryl methyl sites for hydroxylation is 1. The van der Waals surface area contributed by atoms with Gasteiger partial charge in [0.25, 0.3) is 5.91 Å². The fraction of sp³-hybridized carbons (Fsp3) is 0.375. The Labute approximate surface area is 144 Å². The van der Waals surface area contributed by atoms with Crippen molar-refractivity contribution in [1.29, 1.82) is 0 Å². The molecule has 2 aromatic rings. The molecule has 2 N–H and O–H groups in total. The molecule has 1 aromatic carbocycles. The minimum Gasteiger partial charge on any atom is -0.444 e. The highest BCUT2D eigenvalue weighted by molar-refractivity contribution is 7.15. The Morgan fingerprint density at radius 2 is 1.83 bits per heavy atom. The van der Waals surface area contributed by atoms with Gasteiger partial charge in [0.15, 0.2) is 0 Å². The summed E-state index contributed by atoms with van der Waals surface area (Å²) in [5.74, 6) is -0.252. The summed E-state index contributed by atoms with van der Waals surface area (Å²) in [4.78, 5) is 23.7. The molecule has 1 aromatic heterocycles. The molecule has 0 atom stereocenters. The number of anilines is 1. The molecule has 7 nitrogen and oxygen atoms in total. The number of benzene rings is 1. The summed E-state index contributed by atoms with van der Waals surface area (Å²) >= 11 is 1.31. The second-order valence-corrected chi connectivity index (χ2v) is 7.31. The fourth-order valence-electron chi connectivity index (χ4n) is 1.78. The number of alkyl carbamates (subject to hydrolysis) is 1. The topological polar surface area (TPSA) is 93.2 Å². The van der Waals surface area contributed by atoms with Crippen molar-refractivity contribution in [3.05, 3.63) is 40.4 Å². The predicted octanol–water partition coefficient (Wildman–Crippen LogP) is 3.12. The average molecular weight is 348 g/mol. The van der Waals surface area contributed by atoms with Crippen molar-refractivity contribution < 1.29 is 14.3 Å². The number of rotatable bonds is 4. The molecule has 0 bridgehead atoms. The molecule has 0 spiro atoms. The van der Waals surface area contributed by atoms with E-state index < -0.39 is 11.7 Å². The summed E-state index contributed by atoms with van der Waals surface area (Å²) in [6.07, 6.45) is -0.476. The third kappa shape index (κ3) is 5.62. The van der Waals surface area contributed by atoms with Crippen molar-refractivity contribution >= 4 is 28.5 Å². The van der Waals surface area contributed by atoms with Gasteiger partial charge in [-0.05, 0) is 45.4 Å². The van der Waals surface area contributed by atoms with Gasteiger partial charge in [0, 0.05) is 12.1 Å². The van der Waals surface area contributed by atoms with E-state index in [0.717, 1.165) is 10.6 Å². The maximum Gasteiger partial charge on any atom is 0.407 e. The molecule has 0 radical (unpaired) electrons. The molecule has 8 heteroatoms. The van der Waals surface area contributed by atoms with Gasteiger partial charge in [-0.2, -0.15) is 0 Å². The van der Waals surface area contributed by atoms with Crippen molar-refractivity contribution in [1.82, 2.24) is 15.5 Å². The van der Waals surface area contributed by atoms with Crippen molar-refractivity contribution in [3.8, 4) is 0 Å². The summed E-state index contributed by atoms with van der Waals surface area (Å²) in [6.45, 7) is 7.56. The number of carbonyl (C=O) groups is 2. The Hall–Kier alpha value is -2.48. The Kier molecular flexibility index (Phi) is 5.50. The maximum absolute atomic E-state index is 12.1. The van der Waals surface area contributed by atoms with E-state index >= 15 is 0 Å². The van der Waals surface area contributed by atoms with Gasteiger partial charge in [0.2, 0.25) is 5.13 Å². The largest absolute Gasteiger partial charge is 0.444 e. The molecule has 0 aliphatic heterocycles. The van der Waals surface area contributed by atoms with E-state index in [0.29, 0.717) is 17.2 Å². The van der Waals surface area contributed by atoms with Crippen LogP contribution in [0.15, 0.2) is 24.3 Å². The number of amides is 2. The second kappa shape index (κ2) is 7.39. The number of aromatic nitrogens is 2. The first kappa shape index (κ1) is 17.9. The number of ether oxygens (including phenoxy) is 1. The smallest absolute Gasteiger partial charge is 0.407 e. The zero-order valence-electron chi connectivity index (χ0n) is 14.0. The van der Waals surface area contributed by atoms with Crippen LogP contribution in [0.3, 0.4) is 0 Å². The molecular formula is C16H20N4O3S. The average Bonchev–Trinajstić information content (AvgIpc) is 2.89. The van der Waals surface area contributed by atoms with E-state index in [4.69, 9.17) is 4.74 Å². The molecule has 0 fully saturated rings. The Morgan fingerprint density at radius 1 is 1.17 bits per heavy atom. The molecule has 0 unspecified atom stereocenters. The highest BCUT2D eigenvalue weighted by Crippen LogP contribution is 2.15. The third-order valence-corrected chi connectivity index (χ3v) is 3.55. The van der Waals surface area contributed by atoms with Crippen molar-refractivity contribution in [2.24, 2.45) is 0 Å². The van der Waals surface area contributed by atoms with Crippen LogP contribution in [0, 0.1) is 6.92 Å². The lowest BCUT2D eigenvalue weighted by molar-refractivity contribution is 0.0523. The fourth-order valence-corrected chi connectivity index (χ4v) is 2.37. The van der Waals surface area contributed by atoms with Gasteiger partial charge >= 0.3 is 6.09 Å². The molecule has 0 aliphatic rings. The number of carbonyl (C=O) groups excluding carboxylic acids is 2. The van der Waals surface area contributed by atoms with Gasteiger partial charge in [0.05, 0.1) is 0 Å². The summed E-state index contributed by atoms with van der Waals surface area (Å²) < 4.78 is 5.16. The molecule has 1 heterocycles. The minimum absolute atomic E-state index is 0.252. The van der Waals surface area contributed by atoms with Crippen LogP contribution < -0.4 is 10.6 Å². The Morgan fingerprint density at radius 3 is 2.38 bits per heavy atom. The Bertz CT molecular complexity index is 720. The van der Waals surface area contributed by atoms with Gasteiger partial charge < -0.3 is 10.1 Å². The summed E-state index contributed by atoms with van der Waals surface area (Å²) in [7, 11) is 0. The molecular weight excluding hydrogens is 328 g/mol. The zero-order chi connectivity index (χ0) is 17.7. The Balaban J connectivity index is 1.88. The highest BCUT2D eigenvalue weighted by Gasteiger charge is 2.15. The van der Waals surface area contributed by atoms with Crippen molar-refractivity contribution in [2.75, 3.05) is 5.32 Å². The first-order valence-corrected chi connectivity index (χ1v) is 8.22. The van der Waals surface area contributed by atoms with Gasteiger partial charge in [0.1, 0.15) is 10.6 Å². The summed E-state index contributed by atoms with van der Waals surface area (Å²) in [5, 5.41) is 14.3. The molecule has 0 saturated heterocycles. The first-order valence-electron chi connectivity index (χ1n) is 7.40. The lowest BCUT2D eigenvalue weighted by Crippen LogP contribution is -2.32. The van der Waals surface area contributed by atoms with Crippen LogP contribution in [-0.4, -0.2) is 27.8 Å². The maximum atomic E-state index is 12.1. The van der Waals surface area contributed by atoms with Gasteiger partial charge in [-0.25, -0.2) is 4.79 Å². The van der Waals surface area contributed by atoms with Gasteiger partial charge in [-0.15, -0.1) is 10.2 Å². The van der Waals surface area contributed by atoms with Crippen LogP contribution >= 0.6 is 11.3 Å². The SMILES string of the molecule is Cc1nnc(NC(=O)c2ccc(CNC(=O)OC(C)(C)C)cc2)s1. The molecule has 128 valence electrons. The lowest BCUT2D eigenvalue weighted by Gasteiger charge is -2.19. The molecule has 24 heavy (non-hydrogen) atoms. The van der Waals surface area contributed by atoms with E-state index in [1.54, 1.807) is 45.0 Å². The van der Waals surface area contributed by atoms with Crippen LogP contribution in [-0.2, 0) is 11.3 Å². The van der Waals surface area contributed by atoms with E-state index in [9.17, 15) is 9.59 Å². The standard InChI is InChI=1S/C16H20N4O3S/c1-10-19-20-14(24-10)18-13(21)12-7-5-11(6-8-12)9-17-15(22)23-16(2,3)4/h5-8H,9H2,1-4H3,(H,17,22)(H,18,20,21). The van der Waals surface area contributed by atoms with Crippen LogP contribution in [0.1, 0.15) is 41.7 Å². The summed E-state index contributed by atoms with van der Waals surface area (Å²) in [6, 6.07) is 6.93. The first-order chi connectivity index (χ1) is 11.2. The zero-order valence-corrected chi connectivity index (χ0v) is 14.9. The van der Waals surface area contributed by atoms with Gasteiger partial charge in [-0.3, -0.25) is 10.1 Å². The van der Waals surface area contributed by atoms with Crippen LogP contribution in [0.5, 0.6) is 0 Å². The number of hydrogen-bond donors (Lipinski definition) is 2. The highest BCUT2D eigenvalue weighted by atomic mass is 32.1. The van der Waals surface area contributed by atoms with Gasteiger partial charge in [-0.1, -0.05) is 23.5 Å². The normalized spacial score (nSPS) is 11.0. The third-order valence-electron chi connectivity index (χ3n) is 2.80. The number of nitrogens with one attached hydrogen (secondary N) is 2. The molecule has 0 aliphatic carbocycles. The van der Waals surface area contributed by atoms with E-state index in [2.05, 4.69) is 20.8 Å². The number of nitrogens with zero attached hydrogens (tertiary/aromatic N) is 2. The van der Waals surface area contributed by atoms with Crippen LogP contribution in [0.2, 0.25) is 0 Å². The molecule has 0 saturated carbocycles. The van der Waals surface area contributed by atoms with Crippen LogP contribution in [0.25, 0.3) is 0 Å². The molecule has 2 rings (SSSR count). The predicted molar refractivity (Wildman–Crippen MR) is 92.1 cm³/mol. The van der Waals surface area contributed by atoms with E-state index in [1.165, 1.54) is 11.3 Å². The monoisotopic (exact) mass is 348 g/mol.